The van der Waals surface area contributed by atoms with E-state index in [1.54, 1.807) is 4.57 Å². The van der Waals surface area contributed by atoms with Crippen LogP contribution in [0.1, 0.15) is 16.2 Å². The zero-order valence-electron chi connectivity index (χ0n) is 8.14. The Morgan fingerprint density at radius 2 is 2.40 bits per heavy atom. The summed E-state index contributed by atoms with van der Waals surface area (Å²) in [6.45, 7) is 0.447. The van der Waals surface area contributed by atoms with Crippen molar-refractivity contribution in [1.29, 1.82) is 0 Å². The van der Waals surface area contributed by atoms with E-state index in [2.05, 4.69) is 9.72 Å². The van der Waals surface area contributed by atoms with Crippen molar-refractivity contribution in [2.45, 2.75) is 13.0 Å². The summed E-state index contributed by atoms with van der Waals surface area (Å²) >= 11 is 0. The summed E-state index contributed by atoms with van der Waals surface area (Å²) in [5, 5.41) is 8.83. The molecule has 1 atom stereocenters. The smallest absolute Gasteiger partial charge is 0.356 e. The normalized spacial score (nSPS) is 18.6. The number of methoxy groups -OCH3 is 1. The molecule has 0 spiro atoms. The van der Waals surface area contributed by atoms with Gasteiger partial charge in [-0.15, -0.1) is 0 Å². The van der Waals surface area contributed by atoms with Gasteiger partial charge in [-0.1, -0.05) is 0 Å². The molecule has 0 aliphatic carbocycles. The molecule has 1 unspecified atom stereocenters. The Kier molecular flexibility index (Phi) is 2.18. The molecular formula is C9H10N2O4. The van der Waals surface area contributed by atoms with Gasteiger partial charge >= 0.3 is 11.9 Å². The average Bonchev–Trinajstić information content (AvgIpc) is 2.73. The highest BCUT2D eigenvalue weighted by Crippen LogP contribution is 2.23. The van der Waals surface area contributed by atoms with Crippen LogP contribution in [0.25, 0.3) is 0 Å². The van der Waals surface area contributed by atoms with Crippen LogP contribution in [0.15, 0.2) is 6.33 Å². The first-order chi connectivity index (χ1) is 7.13. The lowest BCUT2D eigenvalue weighted by Crippen LogP contribution is -2.17. The predicted octanol–water partition coefficient (Wildman–Crippen LogP) is -0.0734. The molecule has 0 fully saturated rings. The van der Waals surface area contributed by atoms with E-state index in [-0.39, 0.29) is 17.6 Å². The second kappa shape index (κ2) is 3.38. The van der Waals surface area contributed by atoms with Gasteiger partial charge in [0, 0.05) is 13.0 Å². The van der Waals surface area contributed by atoms with Crippen molar-refractivity contribution < 1.29 is 19.4 Å². The van der Waals surface area contributed by atoms with Crippen LogP contribution in [0, 0.1) is 5.92 Å². The third-order valence-electron chi connectivity index (χ3n) is 2.54. The molecule has 2 heterocycles. The Bertz CT molecular complexity index is 424. The van der Waals surface area contributed by atoms with Gasteiger partial charge in [0.05, 0.1) is 25.0 Å². The fourth-order valence-electron chi connectivity index (χ4n) is 1.82. The number of ether oxygens (including phenoxy) is 1. The molecule has 15 heavy (non-hydrogen) atoms. The first-order valence-electron chi connectivity index (χ1n) is 4.48. The zero-order valence-corrected chi connectivity index (χ0v) is 8.14. The molecule has 0 aromatic carbocycles. The van der Waals surface area contributed by atoms with Crippen LogP contribution in [0.4, 0.5) is 0 Å². The zero-order chi connectivity index (χ0) is 11.0. The largest absolute Gasteiger partial charge is 0.476 e. The monoisotopic (exact) mass is 210 g/mol. The maximum atomic E-state index is 11.3. The van der Waals surface area contributed by atoms with Gasteiger partial charge in [0.15, 0.2) is 5.69 Å². The van der Waals surface area contributed by atoms with E-state index in [1.807, 2.05) is 0 Å². The van der Waals surface area contributed by atoms with Crippen LogP contribution in [-0.4, -0.2) is 33.7 Å². The van der Waals surface area contributed by atoms with Crippen LogP contribution in [-0.2, 0) is 22.5 Å². The van der Waals surface area contributed by atoms with Gasteiger partial charge in [0.1, 0.15) is 0 Å². The lowest BCUT2D eigenvalue weighted by molar-refractivity contribution is -0.145. The topological polar surface area (TPSA) is 81.4 Å². The van der Waals surface area contributed by atoms with Gasteiger partial charge < -0.3 is 14.4 Å². The molecule has 1 aromatic heterocycles. The molecule has 0 bridgehead atoms. The van der Waals surface area contributed by atoms with Crippen LogP contribution < -0.4 is 0 Å². The van der Waals surface area contributed by atoms with E-state index in [9.17, 15) is 9.59 Å². The quantitative estimate of drug-likeness (QED) is 0.691. The number of hydrogen-bond donors (Lipinski definition) is 1. The number of carboxylic acids is 1. The third-order valence-corrected chi connectivity index (χ3v) is 2.54. The molecule has 6 heteroatoms. The molecule has 0 amide bonds. The fourth-order valence-corrected chi connectivity index (χ4v) is 1.82. The number of aromatic carboxylic acids is 1. The molecule has 1 aliphatic rings. The van der Waals surface area contributed by atoms with Gasteiger partial charge in [0.25, 0.3) is 0 Å². The Morgan fingerprint density at radius 3 is 3.00 bits per heavy atom. The van der Waals surface area contributed by atoms with Crippen molar-refractivity contribution in [3.63, 3.8) is 0 Å². The lowest BCUT2D eigenvalue weighted by atomic mass is 10.1. The minimum Gasteiger partial charge on any atom is -0.476 e. The highest BCUT2D eigenvalue weighted by molar-refractivity contribution is 5.87. The van der Waals surface area contributed by atoms with Crippen LogP contribution in [0.2, 0.25) is 0 Å². The fraction of sp³-hybridized carbons (Fsp3) is 0.444. The maximum absolute atomic E-state index is 11.3. The summed E-state index contributed by atoms with van der Waals surface area (Å²) in [5.41, 5.74) is 0.624. The summed E-state index contributed by atoms with van der Waals surface area (Å²) in [5.74, 6) is -1.66. The van der Waals surface area contributed by atoms with Crippen LogP contribution in [0.5, 0.6) is 0 Å². The van der Waals surface area contributed by atoms with Crippen molar-refractivity contribution in [3.05, 3.63) is 17.7 Å². The van der Waals surface area contributed by atoms with Crippen molar-refractivity contribution >= 4 is 11.9 Å². The second-order valence-electron chi connectivity index (χ2n) is 3.42. The number of rotatable bonds is 2. The minimum atomic E-state index is -1.06. The molecule has 0 saturated carbocycles. The highest BCUT2D eigenvalue weighted by atomic mass is 16.5. The van der Waals surface area contributed by atoms with Crippen molar-refractivity contribution in [3.8, 4) is 0 Å². The summed E-state index contributed by atoms with van der Waals surface area (Å²) in [6, 6.07) is 0. The number of aromatic nitrogens is 2. The van der Waals surface area contributed by atoms with Crippen molar-refractivity contribution in [2.75, 3.05) is 7.11 Å². The number of nitrogens with zero attached hydrogens (tertiary/aromatic N) is 2. The standard InChI is InChI=1S/C9H10N2O4/c1-15-9(14)5-2-6-7(8(12)13)10-4-11(6)3-5/h4-5H,2-3H2,1H3,(H,12,13). The van der Waals surface area contributed by atoms with Gasteiger partial charge in [-0.25, -0.2) is 9.78 Å². The van der Waals surface area contributed by atoms with Gasteiger partial charge in [-0.2, -0.15) is 0 Å². The summed E-state index contributed by atoms with van der Waals surface area (Å²) in [7, 11) is 1.33. The molecule has 1 aliphatic heterocycles. The van der Waals surface area contributed by atoms with Gasteiger partial charge in [0.2, 0.25) is 0 Å². The summed E-state index contributed by atoms with van der Waals surface area (Å²) in [6.07, 6.45) is 1.83. The highest BCUT2D eigenvalue weighted by Gasteiger charge is 2.32. The van der Waals surface area contributed by atoms with Crippen molar-refractivity contribution in [1.82, 2.24) is 9.55 Å². The van der Waals surface area contributed by atoms with Crippen LogP contribution >= 0.6 is 0 Å². The summed E-state index contributed by atoms with van der Waals surface area (Å²) < 4.78 is 6.30. The predicted molar refractivity (Wildman–Crippen MR) is 48.4 cm³/mol. The SMILES string of the molecule is COC(=O)C1Cc2c(C(=O)O)ncn2C1. The van der Waals surface area contributed by atoms with Gasteiger partial charge in [-0.05, 0) is 0 Å². The average molecular weight is 210 g/mol. The molecule has 1 aromatic rings. The first kappa shape index (κ1) is 9.70. The van der Waals surface area contributed by atoms with E-state index in [4.69, 9.17) is 5.11 Å². The minimum absolute atomic E-state index is 0.0291. The number of carbonyl (C=O) groups excluding carboxylic acids is 1. The maximum Gasteiger partial charge on any atom is 0.356 e. The Labute approximate surface area is 85.5 Å². The molecular weight excluding hydrogens is 200 g/mol. The number of carbonyl (C=O) groups is 2. The third kappa shape index (κ3) is 1.47. The molecule has 6 nitrogen and oxygen atoms in total. The Balaban J connectivity index is 2.24. The number of fused-ring (bicyclic) bond motifs is 1. The van der Waals surface area contributed by atoms with E-state index < -0.39 is 5.97 Å². The Hall–Kier alpha value is -1.85. The number of hydrogen-bond acceptors (Lipinski definition) is 4. The van der Waals surface area contributed by atoms with E-state index in [1.165, 1.54) is 13.4 Å². The molecule has 0 saturated heterocycles. The number of esters is 1. The van der Waals surface area contributed by atoms with Crippen molar-refractivity contribution in [2.24, 2.45) is 5.92 Å². The van der Waals surface area contributed by atoms with Crippen LogP contribution in [0.3, 0.4) is 0 Å². The van der Waals surface area contributed by atoms with Gasteiger partial charge in [-0.3, -0.25) is 4.79 Å². The molecule has 2 rings (SSSR count). The molecule has 80 valence electrons. The summed E-state index contributed by atoms with van der Waals surface area (Å²) in [4.78, 5) is 25.8. The number of carboxylic acid groups (broad SMARTS) is 1. The lowest BCUT2D eigenvalue weighted by Gasteiger charge is -2.04. The Morgan fingerprint density at radius 1 is 1.67 bits per heavy atom. The van der Waals surface area contributed by atoms with E-state index >= 15 is 0 Å². The second-order valence-corrected chi connectivity index (χ2v) is 3.42. The first-order valence-corrected chi connectivity index (χ1v) is 4.48. The van der Waals surface area contributed by atoms with E-state index in [0.29, 0.717) is 18.7 Å². The number of imidazole rings is 1. The van der Waals surface area contributed by atoms with E-state index in [0.717, 1.165) is 0 Å². The molecule has 1 N–H and O–H groups in total. The molecule has 0 radical (unpaired) electrons.